The third-order valence-electron chi connectivity index (χ3n) is 6.86. The van der Waals surface area contributed by atoms with Gasteiger partial charge in [0.1, 0.15) is 11.6 Å². The van der Waals surface area contributed by atoms with Gasteiger partial charge in [0.05, 0.1) is 11.5 Å². The predicted octanol–water partition coefficient (Wildman–Crippen LogP) is 4.52. The highest BCUT2D eigenvalue weighted by atomic mass is 16.5. The fourth-order valence-corrected chi connectivity index (χ4v) is 4.87. The van der Waals surface area contributed by atoms with Crippen LogP contribution in [0.1, 0.15) is 39.4 Å². The summed E-state index contributed by atoms with van der Waals surface area (Å²) in [6.45, 7) is 0. The first-order valence-electron chi connectivity index (χ1n) is 12.6. The molecule has 2 atom stereocenters. The second kappa shape index (κ2) is 11.2. The molecule has 8 nitrogen and oxygen atoms in total. The molecule has 1 fully saturated rings. The van der Waals surface area contributed by atoms with Crippen molar-refractivity contribution in [3.63, 3.8) is 0 Å². The van der Waals surface area contributed by atoms with Crippen molar-refractivity contribution in [3.05, 3.63) is 126 Å². The van der Waals surface area contributed by atoms with Gasteiger partial charge >= 0.3 is 5.97 Å². The van der Waals surface area contributed by atoms with Gasteiger partial charge in [-0.15, -0.1) is 0 Å². The number of carboxylic acid groups (broad SMARTS) is 1. The highest BCUT2D eigenvalue weighted by molar-refractivity contribution is 6.02. The quantitative estimate of drug-likeness (QED) is 0.311. The Morgan fingerprint density at radius 2 is 1.54 bits per heavy atom. The lowest BCUT2D eigenvalue weighted by atomic mass is 9.85. The third kappa shape index (κ3) is 5.65. The minimum absolute atomic E-state index is 0.0759. The lowest BCUT2D eigenvalue weighted by molar-refractivity contribution is -0.183. The summed E-state index contributed by atoms with van der Waals surface area (Å²) in [6, 6.07) is 28.8. The van der Waals surface area contributed by atoms with Crippen LogP contribution < -0.4 is 10.5 Å². The fraction of sp³-hybridized carbons (Fsp3) is 0.161. The van der Waals surface area contributed by atoms with Crippen molar-refractivity contribution in [2.75, 3.05) is 5.73 Å². The molecule has 0 saturated carbocycles. The maximum atomic E-state index is 13.7. The van der Waals surface area contributed by atoms with Gasteiger partial charge in [-0.25, -0.2) is 14.7 Å². The molecule has 4 aromatic rings. The Hall–Kier alpha value is -4.98. The summed E-state index contributed by atoms with van der Waals surface area (Å²) in [6.07, 6.45) is 1.10. The van der Waals surface area contributed by atoms with Crippen molar-refractivity contribution in [2.45, 2.75) is 25.0 Å². The van der Waals surface area contributed by atoms with E-state index < -0.39 is 18.1 Å². The van der Waals surface area contributed by atoms with Crippen LogP contribution in [0.25, 0.3) is 0 Å². The molecule has 39 heavy (non-hydrogen) atoms. The molecule has 1 aliphatic heterocycles. The molecule has 5 rings (SSSR count). The van der Waals surface area contributed by atoms with Crippen molar-refractivity contribution in [3.8, 4) is 5.75 Å². The van der Waals surface area contributed by atoms with Gasteiger partial charge in [-0.2, -0.15) is 0 Å². The number of aromatic carboxylic acids is 1. The number of carboxylic acids is 1. The number of nitrogens with zero attached hydrogens (tertiary/aromatic N) is 2. The average molecular weight is 522 g/mol. The molecule has 0 bridgehead atoms. The Morgan fingerprint density at radius 3 is 2.10 bits per heavy atom. The van der Waals surface area contributed by atoms with Crippen LogP contribution in [0, 0.1) is 5.92 Å². The summed E-state index contributed by atoms with van der Waals surface area (Å²) in [5.74, 6) is -1.92. The molecule has 1 aromatic heterocycles. The van der Waals surface area contributed by atoms with Crippen LogP contribution in [-0.4, -0.2) is 39.0 Å². The van der Waals surface area contributed by atoms with Crippen LogP contribution in [0.5, 0.6) is 5.75 Å². The Morgan fingerprint density at radius 1 is 0.923 bits per heavy atom. The minimum atomic E-state index is -1.06. The first kappa shape index (κ1) is 25.7. The summed E-state index contributed by atoms with van der Waals surface area (Å²) in [5, 5.41) is 9.21. The van der Waals surface area contributed by atoms with E-state index in [0.29, 0.717) is 18.0 Å². The molecule has 0 spiro atoms. The molecule has 1 saturated heterocycles. The molecule has 0 radical (unpaired) electrons. The minimum Gasteiger partial charge on any atom is -0.478 e. The van der Waals surface area contributed by atoms with Crippen LogP contribution in [0.15, 0.2) is 103 Å². The first-order valence-corrected chi connectivity index (χ1v) is 12.6. The number of aromatic nitrogens is 1. The van der Waals surface area contributed by atoms with E-state index in [1.165, 1.54) is 29.2 Å². The van der Waals surface area contributed by atoms with Crippen molar-refractivity contribution < 1.29 is 24.2 Å². The van der Waals surface area contributed by atoms with E-state index in [2.05, 4.69) is 4.98 Å². The summed E-state index contributed by atoms with van der Waals surface area (Å²) in [4.78, 5) is 43.5. The molecule has 196 valence electrons. The van der Waals surface area contributed by atoms with Gasteiger partial charge < -0.3 is 15.6 Å². The van der Waals surface area contributed by atoms with Gasteiger partial charge in [0.25, 0.3) is 0 Å². The molecule has 8 heteroatoms. The molecular formula is C31H27N3O5. The van der Waals surface area contributed by atoms with Crippen LogP contribution in [0.3, 0.4) is 0 Å². The summed E-state index contributed by atoms with van der Waals surface area (Å²) < 4.78 is 6.14. The second-order valence-corrected chi connectivity index (χ2v) is 9.42. The zero-order chi connectivity index (χ0) is 27.4. The number of imide groups is 1. The standard InChI is InChI=1S/C31H27N3O5/c32-27-18-20(15-16-33-27)17-26-29(36)34(30(26)39-24-13-11-23(12-14-24)31(37)38)28(35)19-25(21-7-3-1-4-8-21)22-9-5-2-6-10-22/h1-16,18,25-26,30H,17,19H2,(H2,32,33)(H,37,38)/t26-,30+/m0/s1. The molecule has 2 amide bonds. The third-order valence-corrected chi connectivity index (χ3v) is 6.86. The number of likely N-dealkylation sites (tertiary alicyclic amines) is 1. The SMILES string of the molecule is Nc1cc(C[C@H]2C(=O)N(C(=O)CC(c3ccccc3)c3ccccc3)[C@@H]2Oc2ccc(C(=O)O)cc2)ccn1. The number of nitrogen functional groups attached to an aromatic ring is 1. The van der Waals surface area contributed by atoms with Crippen molar-refractivity contribution in [1.82, 2.24) is 9.88 Å². The fourth-order valence-electron chi connectivity index (χ4n) is 4.87. The van der Waals surface area contributed by atoms with Gasteiger partial charge in [0, 0.05) is 18.5 Å². The smallest absolute Gasteiger partial charge is 0.335 e. The maximum Gasteiger partial charge on any atom is 0.335 e. The lowest BCUT2D eigenvalue weighted by Crippen LogP contribution is -2.66. The highest BCUT2D eigenvalue weighted by Gasteiger charge is 2.52. The number of benzene rings is 3. The zero-order valence-electron chi connectivity index (χ0n) is 21.0. The van der Waals surface area contributed by atoms with Crippen LogP contribution in [0.2, 0.25) is 0 Å². The van der Waals surface area contributed by atoms with Gasteiger partial charge in [-0.05, 0) is 59.5 Å². The summed E-state index contributed by atoms with van der Waals surface area (Å²) in [5.41, 5.74) is 8.67. The number of hydrogen-bond donors (Lipinski definition) is 2. The Bertz CT molecular complexity index is 1440. The zero-order valence-corrected chi connectivity index (χ0v) is 21.0. The first-order chi connectivity index (χ1) is 18.9. The average Bonchev–Trinajstić information content (AvgIpc) is 2.95. The maximum absolute atomic E-state index is 13.7. The Balaban J connectivity index is 1.42. The summed E-state index contributed by atoms with van der Waals surface area (Å²) in [7, 11) is 0. The number of nitrogens with two attached hydrogens (primary N) is 1. The number of β-lactam (4-membered cyclic amide) rings is 1. The van der Waals surface area contributed by atoms with Crippen LogP contribution in [0.4, 0.5) is 5.82 Å². The monoisotopic (exact) mass is 521 g/mol. The van der Waals surface area contributed by atoms with Crippen molar-refractivity contribution in [2.24, 2.45) is 5.92 Å². The van der Waals surface area contributed by atoms with E-state index in [9.17, 15) is 19.5 Å². The van der Waals surface area contributed by atoms with E-state index in [-0.39, 0.29) is 29.7 Å². The number of rotatable bonds is 9. The highest BCUT2D eigenvalue weighted by Crippen LogP contribution is 2.36. The number of ether oxygens (including phenoxy) is 1. The molecule has 0 unspecified atom stereocenters. The molecular weight excluding hydrogens is 494 g/mol. The molecule has 3 aromatic carbocycles. The molecule has 3 N–H and O–H groups in total. The number of pyridine rings is 1. The van der Waals surface area contributed by atoms with Crippen molar-refractivity contribution in [1.29, 1.82) is 0 Å². The predicted molar refractivity (Wildman–Crippen MR) is 145 cm³/mol. The number of carbonyl (C=O) groups is 3. The lowest BCUT2D eigenvalue weighted by Gasteiger charge is -2.45. The Kier molecular flexibility index (Phi) is 7.36. The topological polar surface area (TPSA) is 123 Å². The van der Waals surface area contributed by atoms with Crippen LogP contribution in [-0.2, 0) is 16.0 Å². The van der Waals surface area contributed by atoms with E-state index >= 15 is 0 Å². The van der Waals surface area contributed by atoms with Gasteiger partial charge in [0.15, 0.2) is 6.23 Å². The van der Waals surface area contributed by atoms with Gasteiger partial charge in [-0.1, -0.05) is 60.7 Å². The number of hydrogen-bond acceptors (Lipinski definition) is 6. The van der Waals surface area contributed by atoms with Crippen molar-refractivity contribution >= 4 is 23.6 Å². The number of anilines is 1. The van der Waals surface area contributed by atoms with E-state index in [4.69, 9.17) is 10.5 Å². The molecule has 0 aliphatic carbocycles. The second-order valence-electron chi connectivity index (χ2n) is 9.42. The van der Waals surface area contributed by atoms with E-state index in [1.54, 1.807) is 18.3 Å². The van der Waals surface area contributed by atoms with E-state index in [1.807, 2.05) is 60.7 Å². The number of carbonyl (C=O) groups excluding carboxylic acids is 2. The Labute approximate surface area is 225 Å². The largest absolute Gasteiger partial charge is 0.478 e. The number of amides is 2. The van der Waals surface area contributed by atoms with Crippen LogP contribution >= 0.6 is 0 Å². The van der Waals surface area contributed by atoms with Gasteiger partial charge in [-0.3, -0.25) is 9.59 Å². The summed E-state index contributed by atoms with van der Waals surface area (Å²) >= 11 is 0. The molecule has 2 heterocycles. The van der Waals surface area contributed by atoms with Gasteiger partial charge in [0.2, 0.25) is 11.8 Å². The molecule has 1 aliphatic rings. The van der Waals surface area contributed by atoms with E-state index in [0.717, 1.165) is 16.7 Å². The normalized spacial score (nSPS) is 16.5.